The van der Waals surface area contributed by atoms with Crippen molar-refractivity contribution in [3.05, 3.63) is 24.3 Å². The molecule has 0 bridgehead atoms. The number of carbonyl (C=O) groups excluding carboxylic acids is 1. The first kappa shape index (κ1) is 15.2. The number of nitrogens with zero attached hydrogens (tertiary/aromatic N) is 1. The minimum atomic E-state index is 0.187. The van der Waals surface area contributed by atoms with Crippen molar-refractivity contribution in [1.29, 1.82) is 0 Å². The van der Waals surface area contributed by atoms with Crippen LogP contribution in [-0.4, -0.2) is 25.0 Å². The lowest BCUT2D eigenvalue weighted by Gasteiger charge is -2.34. The van der Waals surface area contributed by atoms with E-state index in [4.69, 9.17) is 5.73 Å². The zero-order chi connectivity index (χ0) is 15.4. The molecule has 3 N–H and O–H groups in total. The Morgan fingerprint density at radius 3 is 2.27 bits per heavy atom. The van der Waals surface area contributed by atoms with Crippen molar-refractivity contribution in [1.82, 2.24) is 5.32 Å². The van der Waals surface area contributed by atoms with Crippen LogP contribution in [0.1, 0.15) is 44.9 Å². The van der Waals surface area contributed by atoms with Gasteiger partial charge in [-0.2, -0.15) is 0 Å². The first-order chi connectivity index (χ1) is 10.7. The van der Waals surface area contributed by atoms with E-state index in [1.54, 1.807) is 0 Å². The smallest absolute Gasteiger partial charge is 0.223 e. The van der Waals surface area contributed by atoms with Crippen LogP contribution in [0.5, 0.6) is 0 Å². The number of nitrogen functional groups attached to an aromatic ring is 1. The van der Waals surface area contributed by atoms with Crippen LogP contribution in [0.15, 0.2) is 24.3 Å². The van der Waals surface area contributed by atoms with Crippen LogP contribution in [-0.2, 0) is 4.79 Å². The molecule has 1 saturated heterocycles. The van der Waals surface area contributed by atoms with Gasteiger partial charge in [-0.15, -0.1) is 0 Å². The van der Waals surface area contributed by atoms with Gasteiger partial charge in [-0.3, -0.25) is 4.79 Å². The van der Waals surface area contributed by atoms with Crippen molar-refractivity contribution in [2.75, 3.05) is 23.7 Å². The molecule has 2 fully saturated rings. The Labute approximate surface area is 133 Å². The maximum atomic E-state index is 12.4. The van der Waals surface area contributed by atoms with Crippen LogP contribution in [0.4, 0.5) is 11.4 Å². The lowest BCUT2D eigenvalue weighted by Crippen LogP contribution is -2.44. The molecule has 4 nitrogen and oxygen atoms in total. The molecule has 0 unspecified atom stereocenters. The van der Waals surface area contributed by atoms with Gasteiger partial charge in [0.05, 0.1) is 0 Å². The highest BCUT2D eigenvalue weighted by atomic mass is 16.1. The average molecular weight is 301 g/mol. The van der Waals surface area contributed by atoms with Gasteiger partial charge in [0.2, 0.25) is 5.91 Å². The summed E-state index contributed by atoms with van der Waals surface area (Å²) in [5.74, 6) is 0.468. The van der Waals surface area contributed by atoms with E-state index in [9.17, 15) is 4.79 Å². The minimum Gasteiger partial charge on any atom is -0.399 e. The molecule has 0 atom stereocenters. The van der Waals surface area contributed by atoms with E-state index in [-0.39, 0.29) is 11.8 Å². The quantitative estimate of drug-likeness (QED) is 0.844. The first-order valence-corrected chi connectivity index (χ1v) is 8.63. The van der Waals surface area contributed by atoms with Gasteiger partial charge in [-0.25, -0.2) is 0 Å². The zero-order valence-corrected chi connectivity index (χ0v) is 13.3. The van der Waals surface area contributed by atoms with E-state index in [0.29, 0.717) is 6.04 Å². The molecule has 1 aliphatic heterocycles. The number of anilines is 2. The van der Waals surface area contributed by atoms with E-state index >= 15 is 0 Å². The van der Waals surface area contributed by atoms with Gasteiger partial charge in [0.1, 0.15) is 0 Å². The molecular weight excluding hydrogens is 274 g/mol. The van der Waals surface area contributed by atoms with Crippen molar-refractivity contribution in [3.63, 3.8) is 0 Å². The number of nitrogens with two attached hydrogens (primary N) is 1. The van der Waals surface area contributed by atoms with Gasteiger partial charge in [-0.1, -0.05) is 19.3 Å². The predicted octanol–water partition coefficient (Wildman–Crippen LogP) is 2.93. The monoisotopic (exact) mass is 301 g/mol. The summed E-state index contributed by atoms with van der Waals surface area (Å²) >= 11 is 0. The van der Waals surface area contributed by atoms with Crippen LogP contribution in [0.2, 0.25) is 0 Å². The number of hydrogen-bond donors (Lipinski definition) is 2. The zero-order valence-electron chi connectivity index (χ0n) is 13.3. The minimum absolute atomic E-state index is 0.187. The normalized spacial score (nSPS) is 20.8. The highest BCUT2D eigenvalue weighted by molar-refractivity contribution is 5.79. The van der Waals surface area contributed by atoms with Gasteiger partial charge in [-0.05, 0) is 49.9 Å². The maximum Gasteiger partial charge on any atom is 0.223 e. The third-order valence-electron chi connectivity index (χ3n) is 5.08. The fraction of sp³-hybridized carbons (Fsp3) is 0.611. The van der Waals surface area contributed by atoms with Crippen LogP contribution in [0.25, 0.3) is 0 Å². The van der Waals surface area contributed by atoms with Crippen LogP contribution in [0, 0.1) is 5.92 Å². The van der Waals surface area contributed by atoms with E-state index in [1.807, 2.05) is 12.1 Å². The Bertz CT molecular complexity index is 486. The van der Waals surface area contributed by atoms with E-state index in [0.717, 1.165) is 44.5 Å². The molecule has 4 heteroatoms. The lowest BCUT2D eigenvalue weighted by molar-refractivity contribution is -0.126. The Morgan fingerprint density at radius 1 is 1.00 bits per heavy atom. The van der Waals surface area contributed by atoms with Gasteiger partial charge in [0.25, 0.3) is 0 Å². The van der Waals surface area contributed by atoms with Gasteiger partial charge >= 0.3 is 0 Å². The standard InChI is InChI=1S/C18H27N3O/c19-15-6-8-17(9-7-15)21-12-10-14(11-13-21)18(22)20-16-4-2-1-3-5-16/h6-9,14,16H,1-5,10-13,19H2,(H,20,22). The molecule has 1 amide bonds. The van der Waals surface area contributed by atoms with Crippen molar-refractivity contribution >= 4 is 17.3 Å². The predicted molar refractivity (Wildman–Crippen MR) is 90.8 cm³/mol. The Morgan fingerprint density at radius 2 is 1.64 bits per heavy atom. The summed E-state index contributed by atoms with van der Waals surface area (Å²) in [7, 11) is 0. The van der Waals surface area contributed by atoms with Crippen molar-refractivity contribution in [2.45, 2.75) is 51.0 Å². The van der Waals surface area contributed by atoms with Gasteiger partial charge < -0.3 is 16.0 Å². The summed E-state index contributed by atoms with van der Waals surface area (Å²) in [6.45, 7) is 1.90. The van der Waals surface area contributed by atoms with Crippen LogP contribution < -0.4 is 16.0 Å². The number of amides is 1. The summed E-state index contributed by atoms with van der Waals surface area (Å²) in [4.78, 5) is 14.8. The fourth-order valence-electron chi connectivity index (χ4n) is 3.65. The summed E-state index contributed by atoms with van der Waals surface area (Å²) in [5.41, 5.74) is 7.74. The Hall–Kier alpha value is -1.71. The number of benzene rings is 1. The number of hydrogen-bond acceptors (Lipinski definition) is 3. The molecule has 0 aromatic heterocycles. The van der Waals surface area contributed by atoms with E-state index < -0.39 is 0 Å². The first-order valence-electron chi connectivity index (χ1n) is 8.63. The van der Waals surface area contributed by atoms with E-state index in [2.05, 4.69) is 22.3 Å². The molecule has 1 aromatic carbocycles. The third-order valence-corrected chi connectivity index (χ3v) is 5.08. The lowest BCUT2D eigenvalue weighted by atomic mass is 9.92. The molecule has 1 heterocycles. The molecule has 2 aliphatic rings. The number of nitrogens with one attached hydrogen (secondary N) is 1. The number of carbonyl (C=O) groups is 1. The van der Waals surface area contributed by atoms with Gasteiger partial charge in [0, 0.05) is 36.4 Å². The highest BCUT2D eigenvalue weighted by Gasteiger charge is 2.27. The summed E-state index contributed by atoms with van der Waals surface area (Å²) in [6.07, 6.45) is 8.07. The highest BCUT2D eigenvalue weighted by Crippen LogP contribution is 2.25. The number of piperidine rings is 1. The molecule has 3 rings (SSSR count). The average Bonchev–Trinajstić information content (AvgIpc) is 2.57. The molecular formula is C18H27N3O. The molecule has 1 aromatic rings. The van der Waals surface area contributed by atoms with E-state index in [1.165, 1.54) is 24.9 Å². The number of rotatable bonds is 3. The molecule has 1 aliphatic carbocycles. The second kappa shape index (κ2) is 7.03. The molecule has 0 spiro atoms. The third kappa shape index (κ3) is 3.73. The van der Waals surface area contributed by atoms with Crippen LogP contribution in [0.3, 0.4) is 0 Å². The van der Waals surface area contributed by atoms with Crippen molar-refractivity contribution < 1.29 is 4.79 Å². The molecule has 1 saturated carbocycles. The van der Waals surface area contributed by atoms with Crippen molar-refractivity contribution in [2.24, 2.45) is 5.92 Å². The van der Waals surface area contributed by atoms with Crippen molar-refractivity contribution in [3.8, 4) is 0 Å². The second-order valence-corrected chi connectivity index (χ2v) is 6.70. The fourth-order valence-corrected chi connectivity index (χ4v) is 3.65. The summed E-state index contributed by atoms with van der Waals surface area (Å²) in [6, 6.07) is 8.44. The maximum absolute atomic E-state index is 12.4. The topological polar surface area (TPSA) is 58.4 Å². The summed E-state index contributed by atoms with van der Waals surface area (Å²) < 4.78 is 0. The molecule has 120 valence electrons. The SMILES string of the molecule is Nc1ccc(N2CCC(C(=O)NC3CCCCC3)CC2)cc1. The summed E-state index contributed by atoms with van der Waals surface area (Å²) in [5, 5.41) is 3.28. The van der Waals surface area contributed by atoms with Crippen LogP contribution >= 0.6 is 0 Å². The largest absolute Gasteiger partial charge is 0.399 e. The molecule has 0 radical (unpaired) electrons. The second-order valence-electron chi connectivity index (χ2n) is 6.70. The molecule has 22 heavy (non-hydrogen) atoms. The Kier molecular flexibility index (Phi) is 4.86. The van der Waals surface area contributed by atoms with Gasteiger partial charge in [0.15, 0.2) is 0 Å². The Balaban J connectivity index is 1.48.